The van der Waals surface area contributed by atoms with Gasteiger partial charge in [0.2, 0.25) is 0 Å². The normalized spacial score (nSPS) is 11.7. The van der Waals surface area contributed by atoms with Crippen LogP contribution in [0, 0.1) is 13.8 Å². The van der Waals surface area contributed by atoms with Crippen LogP contribution in [0.25, 0.3) is 11.1 Å². The zero-order chi connectivity index (χ0) is 19.9. The van der Waals surface area contributed by atoms with Crippen molar-refractivity contribution < 1.29 is 18.0 Å². The van der Waals surface area contributed by atoms with Gasteiger partial charge in [-0.2, -0.15) is 23.4 Å². The second-order valence-corrected chi connectivity index (χ2v) is 6.38. The van der Waals surface area contributed by atoms with Gasteiger partial charge < -0.3 is 5.32 Å². The lowest BCUT2D eigenvalue weighted by Crippen LogP contribution is -2.14. The fourth-order valence-electron chi connectivity index (χ4n) is 2.74. The average Bonchev–Trinajstić information content (AvgIpc) is 3.12. The first-order valence-electron chi connectivity index (χ1n) is 8.09. The quantitative estimate of drug-likeness (QED) is 0.757. The van der Waals surface area contributed by atoms with E-state index in [1.54, 1.807) is 19.2 Å². The van der Waals surface area contributed by atoms with E-state index in [4.69, 9.17) is 0 Å². The first-order chi connectivity index (χ1) is 12.6. The van der Waals surface area contributed by atoms with Crippen molar-refractivity contribution >= 4 is 11.7 Å². The van der Waals surface area contributed by atoms with Gasteiger partial charge in [0.15, 0.2) is 11.5 Å². The number of nitrogens with one attached hydrogen (secondary N) is 1. The molecule has 2 aromatic heterocycles. The summed E-state index contributed by atoms with van der Waals surface area (Å²) in [7, 11) is 2.97. The Morgan fingerprint density at radius 3 is 2.26 bits per heavy atom. The van der Waals surface area contributed by atoms with Crippen molar-refractivity contribution in [3.05, 3.63) is 53.0 Å². The number of rotatable bonds is 3. The molecule has 6 nitrogen and oxygen atoms in total. The van der Waals surface area contributed by atoms with Gasteiger partial charge in [0, 0.05) is 43.2 Å². The minimum absolute atomic E-state index is 0.0410. The number of amides is 1. The highest BCUT2D eigenvalue weighted by Crippen LogP contribution is 2.38. The van der Waals surface area contributed by atoms with E-state index in [2.05, 4.69) is 15.5 Å². The highest BCUT2D eigenvalue weighted by Gasteiger charge is 2.38. The molecule has 0 saturated heterocycles. The first-order valence-corrected chi connectivity index (χ1v) is 8.09. The Hall–Kier alpha value is -3.10. The summed E-state index contributed by atoms with van der Waals surface area (Å²) >= 11 is 0. The Morgan fingerprint density at radius 2 is 1.63 bits per heavy atom. The third-order valence-corrected chi connectivity index (χ3v) is 4.22. The van der Waals surface area contributed by atoms with Crippen LogP contribution in [0.3, 0.4) is 0 Å². The number of aryl methyl sites for hydroxylation is 4. The van der Waals surface area contributed by atoms with E-state index in [9.17, 15) is 18.0 Å². The molecule has 1 aromatic carbocycles. The van der Waals surface area contributed by atoms with E-state index in [0.29, 0.717) is 5.56 Å². The molecule has 0 atom stereocenters. The number of alkyl halides is 3. The molecule has 142 valence electrons. The Kier molecular flexibility index (Phi) is 4.54. The second-order valence-electron chi connectivity index (χ2n) is 6.38. The van der Waals surface area contributed by atoms with Crippen molar-refractivity contribution in [2.75, 3.05) is 5.32 Å². The maximum Gasteiger partial charge on any atom is 0.435 e. The van der Waals surface area contributed by atoms with Crippen LogP contribution in [-0.2, 0) is 20.3 Å². The van der Waals surface area contributed by atoms with Crippen LogP contribution in [0.5, 0.6) is 0 Å². The molecule has 2 heterocycles. The van der Waals surface area contributed by atoms with Crippen LogP contribution < -0.4 is 5.32 Å². The van der Waals surface area contributed by atoms with Crippen molar-refractivity contribution in [1.82, 2.24) is 19.6 Å². The van der Waals surface area contributed by atoms with Crippen molar-refractivity contribution in [3.8, 4) is 11.1 Å². The summed E-state index contributed by atoms with van der Waals surface area (Å²) in [6.45, 7) is 3.80. The molecule has 27 heavy (non-hydrogen) atoms. The predicted molar refractivity (Wildman–Crippen MR) is 94.3 cm³/mol. The van der Waals surface area contributed by atoms with Gasteiger partial charge in [0.05, 0.1) is 0 Å². The number of nitrogens with zero attached hydrogens (tertiary/aromatic N) is 4. The van der Waals surface area contributed by atoms with Gasteiger partial charge in [0.1, 0.15) is 0 Å². The SMILES string of the molecule is Cc1ccc(C(=O)Nc2nn(C)cc2-c2cn(C)nc2C(F)(F)F)cc1C. The summed E-state index contributed by atoms with van der Waals surface area (Å²) in [5.74, 6) is -0.408. The van der Waals surface area contributed by atoms with E-state index in [1.165, 1.54) is 24.1 Å². The second kappa shape index (κ2) is 6.57. The lowest BCUT2D eigenvalue weighted by molar-refractivity contribution is -0.140. The fourth-order valence-corrected chi connectivity index (χ4v) is 2.74. The Bertz CT molecular complexity index is 1020. The van der Waals surface area contributed by atoms with Gasteiger partial charge in [-0.15, -0.1) is 0 Å². The number of carbonyl (C=O) groups excluding carboxylic acids is 1. The molecule has 3 aromatic rings. The van der Waals surface area contributed by atoms with Crippen LogP contribution in [0.2, 0.25) is 0 Å². The monoisotopic (exact) mass is 377 g/mol. The average molecular weight is 377 g/mol. The summed E-state index contributed by atoms with van der Waals surface area (Å²) in [5.41, 5.74) is 1.35. The highest BCUT2D eigenvalue weighted by atomic mass is 19.4. The molecule has 0 fully saturated rings. The van der Waals surface area contributed by atoms with Crippen molar-refractivity contribution in [2.24, 2.45) is 14.1 Å². The number of anilines is 1. The largest absolute Gasteiger partial charge is 0.435 e. The summed E-state index contributed by atoms with van der Waals surface area (Å²) in [6, 6.07) is 5.19. The number of benzene rings is 1. The molecule has 0 unspecified atom stereocenters. The van der Waals surface area contributed by atoms with Crippen molar-refractivity contribution in [1.29, 1.82) is 0 Å². The molecular weight excluding hydrogens is 359 g/mol. The fraction of sp³-hybridized carbons (Fsp3) is 0.278. The Labute approximate surface area is 153 Å². The number of hydrogen-bond donors (Lipinski definition) is 1. The van der Waals surface area contributed by atoms with Crippen molar-refractivity contribution in [2.45, 2.75) is 20.0 Å². The first kappa shape index (κ1) is 18.7. The minimum atomic E-state index is -4.62. The third-order valence-electron chi connectivity index (χ3n) is 4.22. The molecule has 0 radical (unpaired) electrons. The summed E-state index contributed by atoms with van der Waals surface area (Å²) in [4.78, 5) is 12.6. The van der Waals surface area contributed by atoms with Gasteiger partial charge in [-0.3, -0.25) is 14.2 Å². The Morgan fingerprint density at radius 1 is 1.00 bits per heavy atom. The lowest BCUT2D eigenvalue weighted by Gasteiger charge is -2.08. The maximum atomic E-state index is 13.3. The molecule has 1 N–H and O–H groups in total. The number of carbonyl (C=O) groups is 1. The number of halogens is 3. The van der Waals surface area contributed by atoms with Crippen LogP contribution in [0.4, 0.5) is 19.0 Å². The topological polar surface area (TPSA) is 64.7 Å². The molecule has 0 aliphatic carbocycles. The summed E-state index contributed by atoms with van der Waals surface area (Å²) in [6.07, 6.45) is -1.95. The van der Waals surface area contributed by atoms with E-state index in [-0.39, 0.29) is 16.9 Å². The molecule has 0 aliphatic rings. The Balaban J connectivity index is 2.00. The van der Waals surface area contributed by atoms with Crippen molar-refractivity contribution in [3.63, 3.8) is 0 Å². The number of hydrogen-bond acceptors (Lipinski definition) is 3. The number of aromatic nitrogens is 4. The smallest absolute Gasteiger partial charge is 0.305 e. The van der Waals surface area contributed by atoms with Crippen LogP contribution in [0.15, 0.2) is 30.6 Å². The molecule has 9 heteroatoms. The predicted octanol–water partition coefficient (Wildman–Crippen LogP) is 3.71. The van der Waals surface area contributed by atoms with Gasteiger partial charge >= 0.3 is 6.18 Å². The molecule has 0 spiro atoms. The van der Waals surface area contributed by atoms with Gasteiger partial charge in [-0.1, -0.05) is 6.07 Å². The highest BCUT2D eigenvalue weighted by molar-refractivity contribution is 6.05. The molecule has 1 amide bonds. The minimum Gasteiger partial charge on any atom is -0.305 e. The van der Waals surface area contributed by atoms with Gasteiger partial charge in [-0.05, 0) is 37.1 Å². The molecular formula is C18H18F3N5O. The van der Waals surface area contributed by atoms with Crippen LogP contribution >= 0.6 is 0 Å². The molecule has 0 saturated carbocycles. The van der Waals surface area contributed by atoms with Crippen LogP contribution in [0.1, 0.15) is 27.2 Å². The molecule has 0 bridgehead atoms. The van der Waals surface area contributed by atoms with Crippen LogP contribution in [-0.4, -0.2) is 25.5 Å². The zero-order valence-electron chi connectivity index (χ0n) is 15.2. The summed E-state index contributed by atoms with van der Waals surface area (Å²) in [5, 5.41) is 10.2. The maximum absolute atomic E-state index is 13.3. The summed E-state index contributed by atoms with van der Waals surface area (Å²) < 4.78 is 42.3. The van der Waals surface area contributed by atoms with Gasteiger partial charge in [0.25, 0.3) is 5.91 Å². The van der Waals surface area contributed by atoms with E-state index in [1.807, 2.05) is 19.9 Å². The van der Waals surface area contributed by atoms with E-state index in [0.717, 1.165) is 15.8 Å². The third kappa shape index (κ3) is 3.71. The van der Waals surface area contributed by atoms with Gasteiger partial charge in [-0.25, -0.2) is 0 Å². The lowest BCUT2D eigenvalue weighted by atomic mass is 10.1. The molecule has 3 rings (SSSR count). The molecule has 0 aliphatic heterocycles. The zero-order valence-corrected chi connectivity index (χ0v) is 15.2. The standard InChI is InChI=1S/C18H18F3N5O/c1-10-5-6-12(7-11(10)2)17(27)22-16-14(9-26(4)24-16)13-8-25(3)23-15(13)18(19,20)21/h5-9H,1-4H3,(H,22,24,27). The van der Waals surface area contributed by atoms with E-state index >= 15 is 0 Å². The van der Waals surface area contributed by atoms with E-state index < -0.39 is 17.8 Å².